The monoisotopic (exact) mass is 464 g/mol. The maximum Gasteiger partial charge on any atom is 0.308 e. The molecule has 3 saturated carbocycles. The van der Waals surface area contributed by atoms with E-state index in [9.17, 15) is 9.90 Å². The summed E-state index contributed by atoms with van der Waals surface area (Å²) < 4.78 is 5.26. The molecule has 2 atom stereocenters. The Hall–Kier alpha value is -3.46. The van der Waals surface area contributed by atoms with Crippen LogP contribution in [0.4, 0.5) is 5.82 Å². The number of carbonyl (C=O) groups is 1. The minimum Gasteiger partial charge on any atom is -0.481 e. The minimum atomic E-state index is -0.743. The third-order valence-corrected chi connectivity index (χ3v) is 7.14. The molecule has 7 rings (SSSR count). The molecule has 4 aromatic rings. The summed E-state index contributed by atoms with van der Waals surface area (Å²) in [6.07, 6.45) is 10.5. The molecular weight excluding hydrogens is 444 g/mol. The van der Waals surface area contributed by atoms with Crippen molar-refractivity contribution in [2.45, 2.75) is 31.7 Å². The SMILES string of the molecule is O=C(O)C1C2CCC(CC2)C1Nc1cc(-c2ccoc2)nc(-c2c[nH]c3ncc(Cl)nc23)n1. The van der Waals surface area contributed by atoms with E-state index in [0.29, 0.717) is 40.0 Å². The van der Waals surface area contributed by atoms with E-state index in [2.05, 4.69) is 20.3 Å². The highest BCUT2D eigenvalue weighted by Gasteiger charge is 2.47. The zero-order chi connectivity index (χ0) is 22.5. The van der Waals surface area contributed by atoms with Gasteiger partial charge in [0.15, 0.2) is 11.5 Å². The Morgan fingerprint density at radius 3 is 2.76 bits per heavy atom. The number of carboxylic acids is 1. The summed E-state index contributed by atoms with van der Waals surface area (Å²) in [6, 6.07) is 3.49. The zero-order valence-corrected chi connectivity index (χ0v) is 18.3. The number of nitrogens with one attached hydrogen (secondary N) is 2. The smallest absolute Gasteiger partial charge is 0.308 e. The topological polar surface area (TPSA) is 130 Å². The molecule has 4 heterocycles. The molecule has 0 radical (unpaired) electrons. The van der Waals surface area contributed by atoms with E-state index in [0.717, 1.165) is 31.2 Å². The van der Waals surface area contributed by atoms with Crippen LogP contribution in [0.2, 0.25) is 5.15 Å². The molecule has 0 aliphatic heterocycles. The number of H-pyrrole nitrogens is 1. The Balaban J connectivity index is 1.45. The quantitative estimate of drug-likeness (QED) is 0.389. The van der Waals surface area contributed by atoms with E-state index in [1.165, 1.54) is 6.20 Å². The van der Waals surface area contributed by atoms with Gasteiger partial charge >= 0.3 is 5.97 Å². The number of furan rings is 1. The van der Waals surface area contributed by atoms with Gasteiger partial charge in [-0.1, -0.05) is 11.6 Å². The lowest BCUT2D eigenvalue weighted by Crippen LogP contribution is -2.51. The van der Waals surface area contributed by atoms with Crippen molar-refractivity contribution in [2.24, 2.45) is 17.8 Å². The third-order valence-electron chi connectivity index (χ3n) is 6.95. The number of fused-ring (bicyclic) bond motifs is 4. The number of aliphatic carboxylic acids is 1. The number of nitrogens with zero attached hydrogens (tertiary/aromatic N) is 4. The molecule has 4 aromatic heterocycles. The van der Waals surface area contributed by atoms with Crippen molar-refractivity contribution in [3.8, 4) is 22.6 Å². The zero-order valence-electron chi connectivity index (χ0n) is 17.5. The first-order valence-electron chi connectivity index (χ1n) is 11.0. The average molecular weight is 465 g/mol. The Kier molecular flexibility index (Phi) is 4.79. The Labute approximate surface area is 193 Å². The molecule has 3 fully saturated rings. The molecule has 3 aliphatic rings. The number of aromatic nitrogens is 5. The summed E-state index contributed by atoms with van der Waals surface area (Å²) in [4.78, 5) is 33.4. The van der Waals surface area contributed by atoms with Crippen molar-refractivity contribution >= 4 is 34.6 Å². The normalized spacial score (nSPS) is 24.3. The van der Waals surface area contributed by atoms with Crippen molar-refractivity contribution in [3.63, 3.8) is 0 Å². The van der Waals surface area contributed by atoms with Gasteiger partial charge in [-0.05, 0) is 43.6 Å². The molecule has 2 bridgehead atoms. The van der Waals surface area contributed by atoms with Gasteiger partial charge in [-0.15, -0.1) is 0 Å². The van der Waals surface area contributed by atoms with Crippen LogP contribution >= 0.6 is 11.6 Å². The fourth-order valence-electron chi connectivity index (χ4n) is 5.42. The number of hydrogen-bond donors (Lipinski definition) is 3. The van der Waals surface area contributed by atoms with E-state index < -0.39 is 11.9 Å². The summed E-state index contributed by atoms with van der Waals surface area (Å²) in [5, 5.41) is 13.7. The second-order valence-electron chi connectivity index (χ2n) is 8.78. The maximum atomic E-state index is 12.1. The molecule has 10 heteroatoms. The number of anilines is 1. The summed E-state index contributed by atoms with van der Waals surface area (Å²) >= 11 is 6.08. The Bertz CT molecular complexity index is 1330. The highest BCUT2D eigenvalue weighted by Crippen LogP contribution is 2.46. The van der Waals surface area contributed by atoms with Crippen molar-refractivity contribution in [3.05, 3.63) is 42.2 Å². The maximum absolute atomic E-state index is 12.1. The van der Waals surface area contributed by atoms with Crippen LogP contribution in [0, 0.1) is 17.8 Å². The largest absolute Gasteiger partial charge is 0.481 e. The van der Waals surface area contributed by atoms with Crippen LogP contribution in [-0.2, 0) is 4.79 Å². The van der Waals surface area contributed by atoms with Crippen molar-refractivity contribution < 1.29 is 14.3 Å². The van der Waals surface area contributed by atoms with Crippen molar-refractivity contribution in [2.75, 3.05) is 5.32 Å². The van der Waals surface area contributed by atoms with Crippen LogP contribution in [0.1, 0.15) is 25.7 Å². The fraction of sp³-hybridized carbons (Fsp3) is 0.348. The third kappa shape index (κ3) is 3.52. The van der Waals surface area contributed by atoms with Crippen LogP contribution in [0.25, 0.3) is 33.8 Å². The Morgan fingerprint density at radius 2 is 2.00 bits per heavy atom. The van der Waals surface area contributed by atoms with E-state index in [4.69, 9.17) is 26.0 Å². The van der Waals surface area contributed by atoms with E-state index in [1.54, 1.807) is 18.7 Å². The first kappa shape index (κ1) is 20.2. The Morgan fingerprint density at radius 1 is 1.18 bits per heavy atom. The van der Waals surface area contributed by atoms with Gasteiger partial charge in [0, 0.05) is 23.9 Å². The molecule has 9 nitrogen and oxygen atoms in total. The van der Waals surface area contributed by atoms with Gasteiger partial charge in [-0.2, -0.15) is 0 Å². The number of aromatic amines is 1. The summed E-state index contributed by atoms with van der Waals surface area (Å²) in [5.41, 5.74) is 3.27. The number of carboxylic acid groups (broad SMARTS) is 1. The summed E-state index contributed by atoms with van der Waals surface area (Å²) in [7, 11) is 0. The van der Waals surface area contributed by atoms with Gasteiger partial charge in [0.2, 0.25) is 0 Å². The van der Waals surface area contributed by atoms with Gasteiger partial charge in [0.05, 0.1) is 35.9 Å². The molecule has 3 aliphatic carbocycles. The molecule has 0 amide bonds. The molecule has 3 N–H and O–H groups in total. The predicted molar refractivity (Wildman–Crippen MR) is 122 cm³/mol. The van der Waals surface area contributed by atoms with E-state index >= 15 is 0 Å². The number of halogens is 1. The van der Waals surface area contributed by atoms with Crippen molar-refractivity contribution in [1.29, 1.82) is 0 Å². The van der Waals surface area contributed by atoms with Gasteiger partial charge in [-0.3, -0.25) is 4.79 Å². The standard InChI is InChI=1S/C23H21ClN6O3/c24-16-9-26-22-20(28-16)14(8-25-22)21-27-15(13-5-6-33-10-13)7-17(30-21)29-19-12-3-1-11(2-4-12)18(19)23(31)32/h5-12,18-19H,1-4H2,(H,25,26)(H,31,32)(H,27,29,30). The highest BCUT2D eigenvalue weighted by atomic mass is 35.5. The first-order chi connectivity index (χ1) is 16.1. The van der Waals surface area contributed by atoms with Gasteiger partial charge < -0.3 is 19.8 Å². The number of hydrogen-bond acceptors (Lipinski definition) is 7. The predicted octanol–water partition coefficient (Wildman–Crippen LogP) is 4.63. The molecule has 168 valence electrons. The van der Waals surface area contributed by atoms with Gasteiger partial charge in [0.1, 0.15) is 16.5 Å². The van der Waals surface area contributed by atoms with Crippen LogP contribution in [-0.4, -0.2) is 42.0 Å². The first-order valence-corrected chi connectivity index (χ1v) is 11.4. The summed E-state index contributed by atoms with van der Waals surface area (Å²) in [6.45, 7) is 0. The molecular formula is C23H21ClN6O3. The van der Waals surface area contributed by atoms with Crippen molar-refractivity contribution in [1.82, 2.24) is 24.9 Å². The number of rotatable bonds is 5. The van der Waals surface area contributed by atoms with Crippen LogP contribution in [0.15, 0.2) is 41.5 Å². The van der Waals surface area contributed by atoms with Crippen LogP contribution in [0.5, 0.6) is 0 Å². The van der Waals surface area contributed by atoms with E-state index in [-0.39, 0.29) is 17.1 Å². The van der Waals surface area contributed by atoms with Crippen LogP contribution in [0.3, 0.4) is 0 Å². The lowest BCUT2D eigenvalue weighted by Gasteiger charge is -2.47. The fourth-order valence-corrected chi connectivity index (χ4v) is 5.56. The lowest BCUT2D eigenvalue weighted by molar-refractivity contribution is -0.148. The average Bonchev–Trinajstić information content (AvgIpc) is 3.49. The summed E-state index contributed by atoms with van der Waals surface area (Å²) in [5.74, 6) is 0.352. The van der Waals surface area contributed by atoms with Gasteiger partial charge in [0.25, 0.3) is 0 Å². The second kappa shape index (κ2) is 7.84. The molecule has 0 saturated heterocycles. The molecule has 2 unspecified atom stereocenters. The lowest BCUT2D eigenvalue weighted by atomic mass is 9.61. The van der Waals surface area contributed by atoms with Gasteiger partial charge in [-0.25, -0.2) is 19.9 Å². The minimum absolute atomic E-state index is 0.174. The van der Waals surface area contributed by atoms with E-state index in [1.807, 2.05) is 12.1 Å². The highest BCUT2D eigenvalue weighted by molar-refractivity contribution is 6.29. The second-order valence-corrected chi connectivity index (χ2v) is 9.16. The van der Waals surface area contributed by atoms with Crippen LogP contribution < -0.4 is 5.32 Å². The molecule has 0 aromatic carbocycles. The molecule has 33 heavy (non-hydrogen) atoms. The molecule has 0 spiro atoms.